The normalized spacial score (nSPS) is 12.3. The summed E-state index contributed by atoms with van der Waals surface area (Å²) in [5, 5.41) is 11.1. The smallest absolute Gasteiger partial charge is 0.194 e. The number of hydrogen-bond donors (Lipinski definition) is 0. The number of hydrogen-bond acceptors (Lipinski definition) is 2. The van der Waals surface area contributed by atoms with Crippen molar-refractivity contribution in [3.05, 3.63) is 105 Å². The summed E-state index contributed by atoms with van der Waals surface area (Å²) in [4.78, 5) is 26.2. The fourth-order valence-corrected chi connectivity index (χ4v) is 5.18. The van der Waals surface area contributed by atoms with Crippen LogP contribution in [0.2, 0.25) is 0 Å². The molecule has 0 unspecified atom stereocenters. The first kappa shape index (κ1) is 15.8. The van der Waals surface area contributed by atoms with E-state index in [1.165, 1.54) is 10.8 Å². The van der Waals surface area contributed by atoms with Gasteiger partial charge in [0, 0.05) is 26.9 Å². The van der Waals surface area contributed by atoms with Crippen LogP contribution in [-0.4, -0.2) is 0 Å². The lowest BCUT2D eigenvalue weighted by molar-refractivity contribution is 1.79. The molecule has 0 aromatic heterocycles. The van der Waals surface area contributed by atoms with Gasteiger partial charge in [-0.15, -0.1) is 0 Å². The first-order chi connectivity index (χ1) is 14.7. The maximum atomic E-state index is 13.3. The second-order valence-corrected chi connectivity index (χ2v) is 8.02. The first-order valence-electron chi connectivity index (χ1n) is 10.0. The zero-order valence-electron chi connectivity index (χ0n) is 15.9. The molecule has 0 saturated heterocycles. The molecule has 0 aliphatic carbocycles. The quantitative estimate of drug-likeness (QED) is 0.293. The molecule has 0 spiro atoms. The first-order valence-corrected chi connectivity index (χ1v) is 10.0. The molecular formula is C28H14O2. The van der Waals surface area contributed by atoms with Gasteiger partial charge in [-0.3, -0.25) is 9.59 Å². The van der Waals surface area contributed by atoms with Crippen molar-refractivity contribution in [2.24, 2.45) is 0 Å². The monoisotopic (exact) mass is 382 g/mol. The van der Waals surface area contributed by atoms with Gasteiger partial charge in [0.05, 0.1) is 0 Å². The minimum Gasteiger partial charge on any atom is -0.289 e. The van der Waals surface area contributed by atoms with E-state index in [4.69, 9.17) is 0 Å². The molecule has 0 atom stereocenters. The van der Waals surface area contributed by atoms with E-state index in [1.54, 1.807) is 0 Å². The highest BCUT2D eigenvalue weighted by atomic mass is 16.1. The van der Waals surface area contributed by atoms with E-state index in [0.717, 1.165) is 37.7 Å². The van der Waals surface area contributed by atoms with Gasteiger partial charge in [-0.25, -0.2) is 0 Å². The summed E-state index contributed by atoms with van der Waals surface area (Å²) in [6.07, 6.45) is 0. The highest BCUT2D eigenvalue weighted by Gasteiger charge is 2.18. The van der Waals surface area contributed by atoms with Gasteiger partial charge in [-0.2, -0.15) is 0 Å². The van der Waals surface area contributed by atoms with Gasteiger partial charge in [0.15, 0.2) is 10.9 Å². The summed E-state index contributed by atoms with van der Waals surface area (Å²) >= 11 is 0. The maximum Gasteiger partial charge on any atom is 0.194 e. The fourth-order valence-electron chi connectivity index (χ4n) is 5.18. The Kier molecular flexibility index (Phi) is 2.80. The van der Waals surface area contributed by atoms with Crippen LogP contribution >= 0.6 is 0 Å². The third kappa shape index (κ3) is 1.79. The second-order valence-electron chi connectivity index (χ2n) is 8.02. The SMILES string of the molecule is O=c1c2ccccc2c2cc3c(cc12)c(=O)c1ccc2c4ccccc4ccc2c13. The molecule has 0 heterocycles. The fraction of sp³-hybridized carbons (Fsp3) is 0. The van der Waals surface area contributed by atoms with Crippen LogP contribution in [0.1, 0.15) is 0 Å². The van der Waals surface area contributed by atoms with E-state index in [1.807, 2.05) is 54.6 Å². The van der Waals surface area contributed by atoms with E-state index in [2.05, 4.69) is 30.3 Å². The van der Waals surface area contributed by atoms with Gasteiger partial charge < -0.3 is 0 Å². The lowest BCUT2D eigenvalue weighted by Crippen LogP contribution is -1.96. The Morgan fingerprint density at radius 1 is 0.367 bits per heavy atom. The van der Waals surface area contributed by atoms with Gasteiger partial charge in [0.2, 0.25) is 0 Å². The van der Waals surface area contributed by atoms with Gasteiger partial charge >= 0.3 is 0 Å². The minimum absolute atomic E-state index is 0.00150. The van der Waals surface area contributed by atoms with Gasteiger partial charge in [-0.1, -0.05) is 66.7 Å². The Bertz CT molecular complexity index is 1930. The molecule has 0 bridgehead atoms. The topological polar surface area (TPSA) is 34.1 Å². The van der Waals surface area contributed by atoms with E-state index in [-0.39, 0.29) is 10.9 Å². The van der Waals surface area contributed by atoms with E-state index >= 15 is 0 Å². The number of benzene rings is 5. The molecule has 0 fully saturated rings. The maximum absolute atomic E-state index is 13.3. The van der Waals surface area contributed by atoms with Crippen molar-refractivity contribution in [2.75, 3.05) is 0 Å². The second kappa shape index (κ2) is 5.31. The van der Waals surface area contributed by atoms with Crippen molar-refractivity contribution in [1.29, 1.82) is 0 Å². The van der Waals surface area contributed by atoms with Crippen LogP contribution in [0.15, 0.2) is 94.5 Å². The van der Waals surface area contributed by atoms with Crippen molar-refractivity contribution >= 4 is 64.6 Å². The van der Waals surface area contributed by atoms with Gasteiger partial charge in [-0.05, 0) is 55.9 Å². The van der Waals surface area contributed by atoms with Crippen LogP contribution in [0.3, 0.4) is 0 Å². The lowest BCUT2D eigenvalue weighted by atomic mass is 9.97. The third-order valence-electron chi connectivity index (χ3n) is 6.55. The van der Waals surface area contributed by atoms with Gasteiger partial charge in [0.1, 0.15) is 0 Å². The summed E-state index contributed by atoms with van der Waals surface area (Å²) in [6.45, 7) is 0. The number of rotatable bonds is 0. The molecule has 0 aliphatic heterocycles. The van der Waals surface area contributed by atoms with Crippen molar-refractivity contribution in [3.8, 4) is 0 Å². The zero-order valence-corrected chi connectivity index (χ0v) is 15.9. The highest BCUT2D eigenvalue weighted by Crippen LogP contribution is 2.37. The molecule has 0 radical (unpaired) electrons. The summed E-state index contributed by atoms with van der Waals surface area (Å²) < 4.78 is 0. The molecule has 30 heavy (non-hydrogen) atoms. The zero-order chi connectivity index (χ0) is 20.0. The van der Waals surface area contributed by atoms with E-state index < -0.39 is 0 Å². The Morgan fingerprint density at radius 2 is 0.933 bits per heavy atom. The minimum atomic E-state index is 0.00150. The average molecular weight is 382 g/mol. The van der Waals surface area contributed by atoms with Crippen LogP contribution < -0.4 is 10.9 Å². The molecule has 0 N–H and O–H groups in total. The summed E-state index contributed by atoms with van der Waals surface area (Å²) in [6, 6.07) is 28.1. The molecule has 138 valence electrons. The average Bonchev–Trinajstić information content (AvgIpc) is 3.24. The predicted molar refractivity (Wildman–Crippen MR) is 126 cm³/mol. The van der Waals surface area contributed by atoms with Crippen molar-refractivity contribution in [2.45, 2.75) is 0 Å². The highest BCUT2D eigenvalue weighted by molar-refractivity contribution is 6.29. The molecule has 2 nitrogen and oxygen atoms in total. The van der Waals surface area contributed by atoms with Crippen molar-refractivity contribution in [3.63, 3.8) is 0 Å². The molecule has 7 rings (SSSR count). The van der Waals surface area contributed by atoms with E-state index in [0.29, 0.717) is 16.2 Å². The molecule has 0 amide bonds. The van der Waals surface area contributed by atoms with Crippen LogP contribution in [0.5, 0.6) is 0 Å². The summed E-state index contributed by atoms with van der Waals surface area (Å²) in [5.41, 5.74) is 0.00428. The Labute approximate surface area is 170 Å². The molecule has 2 heteroatoms. The molecule has 0 saturated carbocycles. The standard InChI is InChI=1S/C28H14O2/c29-27-20-8-4-3-7-17(20)22-13-23-25(14-24(22)27)28(30)21-12-11-18-16-6-2-1-5-15(16)9-10-19(18)26(21)23/h1-14H. The van der Waals surface area contributed by atoms with Crippen LogP contribution in [0.4, 0.5) is 0 Å². The summed E-state index contributed by atoms with van der Waals surface area (Å²) in [5.74, 6) is 0. The van der Waals surface area contributed by atoms with Crippen LogP contribution in [-0.2, 0) is 0 Å². The predicted octanol–water partition coefficient (Wildman–Crippen LogP) is 6.20. The molecule has 7 aromatic carbocycles. The van der Waals surface area contributed by atoms with Crippen molar-refractivity contribution < 1.29 is 0 Å². The largest absolute Gasteiger partial charge is 0.289 e. The van der Waals surface area contributed by atoms with Gasteiger partial charge in [0.25, 0.3) is 0 Å². The Hall–Kier alpha value is -4.04. The number of fused-ring (bicyclic) bond motifs is 10. The van der Waals surface area contributed by atoms with E-state index in [9.17, 15) is 9.59 Å². The molecule has 0 aliphatic rings. The van der Waals surface area contributed by atoms with Crippen LogP contribution in [0, 0.1) is 0 Å². The molecular weight excluding hydrogens is 368 g/mol. The third-order valence-corrected chi connectivity index (χ3v) is 6.55. The van der Waals surface area contributed by atoms with Crippen molar-refractivity contribution in [1.82, 2.24) is 0 Å². The lowest BCUT2D eigenvalue weighted by Gasteiger charge is -2.06. The Morgan fingerprint density at radius 3 is 1.80 bits per heavy atom. The molecule has 7 aromatic rings. The summed E-state index contributed by atoms with van der Waals surface area (Å²) in [7, 11) is 0. The van der Waals surface area contributed by atoms with Crippen LogP contribution in [0.25, 0.3) is 64.6 Å². The Balaban J connectivity index is 1.78.